The molecule has 132 valence electrons. The lowest BCUT2D eigenvalue weighted by molar-refractivity contribution is -0.132. The van der Waals surface area contributed by atoms with Crippen LogP contribution in [0.15, 0.2) is 42.5 Å². The number of benzene rings is 2. The maximum atomic E-state index is 12.9. The number of halogens is 3. The summed E-state index contributed by atoms with van der Waals surface area (Å²) < 4.78 is 12.9. The molecule has 0 aliphatic carbocycles. The Balaban J connectivity index is 1.94. The van der Waals surface area contributed by atoms with Gasteiger partial charge in [-0.2, -0.15) is 0 Å². The molecule has 0 aliphatic heterocycles. The molecule has 2 amide bonds. The van der Waals surface area contributed by atoms with E-state index in [0.717, 1.165) is 5.56 Å². The first-order valence-electron chi connectivity index (χ1n) is 7.60. The highest BCUT2D eigenvalue weighted by Crippen LogP contribution is 2.21. The summed E-state index contributed by atoms with van der Waals surface area (Å²) in [5.74, 6) is -0.966. The molecule has 0 fully saturated rings. The van der Waals surface area contributed by atoms with Crippen LogP contribution >= 0.6 is 23.2 Å². The first kappa shape index (κ1) is 19.2. The molecular weight excluding hydrogens is 366 g/mol. The minimum atomic E-state index is -0.386. The fourth-order valence-electron chi connectivity index (χ4n) is 2.23. The van der Waals surface area contributed by atoms with Gasteiger partial charge in [-0.1, -0.05) is 29.3 Å². The van der Waals surface area contributed by atoms with Crippen molar-refractivity contribution in [2.24, 2.45) is 0 Å². The number of rotatable bonds is 6. The number of hydrogen-bond acceptors (Lipinski definition) is 2. The topological polar surface area (TPSA) is 49.4 Å². The Morgan fingerprint density at radius 3 is 2.40 bits per heavy atom. The van der Waals surface area contributed by atoms with Crippen molar-refractivity contribution in [2.45, 2.75) is 13.3 Å². The normalized spacial score (nSPS) is 10.4. The van der Waals surface area contributed by atoms with Crippen molar-refractivity contribution in [3.63, 3.8) is 0 Å². The van der Waals surface area contributed by atoms with Gasteiger partial charge in [-0.15, -0.1) is 0 Å². The Morgan fingerprint density at radius 2 is 1.80 bits per heavy atom. The first-order chi connectivity index (χ1) is 11.8. The van der Waals surface area contributed by atoms with E-state index >= 15 is 0 Å². The molecule has 1 N–H and O–H groups in total. The van der Waals surface area contributed by atoms with Gasteiger partial charge in [-0.05, 0) is 48.4 Å². The maximum absolute atomic E-state index is 12.9. The van der Waals surface area contributed by atoms with Crippen LogP contribution in [0.5, 0.6) is 0 Å². The molecular formula is C18H17Cl2FN2O2. The molecule has 0 saturated heterocycles. The number of nitrogens with one attached hydrogen (secondary N) is 1. The highest BCUT2D eigenvalue weighted by molar-refractivity contribution is 6.35. The van der Waals surface area contributed by atoms with E-state index in [2.05, 4.69) is 5.32 Å². The molecule has 0 saturated carbocycles. The third kappa shape index (κ3) is 6.03. The Morgan fingerprint density at radius 1 is 1.12 bits per heavy atom. The largest absolute Gasteiger partial charge is 0.333 e. The lowest BCUT2D eigenvalue weighted by atomic mass is 10.1. The van der Waals surface area contributed by atoms with Crippen molar-refractivity contribution in [2.75, 3.05) is 18.4 Å². The number of amides is 2. The summed E-state index contributed by atoms with van der Waals surface area (Å²) >= 11 is 12.0. The van der Waals surface area contributed by atoms with Crippen LogP contribution in [0, 0.1) is 5.82 Å². The zero-order valence-corrected chi connectivity index (χ0v) is 15.1. The molecule has 25 heavy (non-hydrogen) atoms. The van der Waals surface area contributed by atoms with Crippen LogP contribution in [0.2, 0.25) is 10.0 Å². The molecule has 0 radical (unpaired) electrons. The lowest BCUT2D eigenvalue weighted by Crippen LogP contribution is -2.38. The summed E-state index contributed by atoms with van der Waals surface area (Å²) in [7, 11) is 0. The number of carbonyl (C=O) groups excluding carboxylic acids is 2. The summed E-state index contributed by atoms with van der Waals surface area (Å²) in [6.45, 7) is 1.64. The number of carbonyl (C=O) groups is 2. The molecule has 0 atom stereocenters. The summed E-state index contributed by atoms with van der Waals surface area (Å²) in [6.07, 6.45) is 0.499. The van der Waals surface area contributed by atoms with Gasteiger partial charge >= 0.3 is 0 Å². The Hall–Kier alpha value is -2.11. The SMILES string of the molecule is CC(=O)N(CCc1ccc(Cl)cc1Cl)CC(=O)Nc1ccc(F)cc1. The van der Waals surface area contributed by atoms with Gasteiger partial charge in [0, 0.05) is 29.2 Å². The fraction of sp³-hybridized carbons (Fsp3) is 0.222. The zero-order valence-electron chi connectivity index (χ0n) is 13.6. The van der Waals surface area contributed by atoms with E-state index in [1.165, 1.54) is 36.1 Å². The Bertz CT molecular complexity index is 766. The molecule has 0 aliphatic rings. The predicted octanol–water partition coefficient (Wildman–Crippen LogP) is 4.16. The molecule has 0 aromatic heterocycles. The van der Waals surface area contributed by atoms with Gasteiger partial charge in [0.2, 0.25) is 11.8 Å². The average molecular weight is 383 g/mol. The van der Waals surface area contributed by atoms with E-state index in [1.54, 1.807) is 18.2 Å². The number of hydrogen-bond donors (Lipinski definition) is 1. The van der Waals surface area contributed by atoms with Crippen LogP contribution in [-0.4, -0.2) is 29.8 Å². The van der Waals surface area contributed by atoms with Crippen LogP contribution in [0.1, 0.15) is 12.5 Å². The minimum absolute atomic E-state index is 0.0993. The standard InChI is InChI=1S/C18H17Cl2FN2O2/c1-12(24)23(9-8-13-2-3-14(19)10-17(13)20)11-18(25)22-16-6-4-15(21)5-7-16/h2-7,10H,8-9,11H2,1H3,(H,22,25). The van der Waals surface area contributed by atoms with Gasteiger partial charge in [0.05, 0.1) is 6.54 Å². The van der Waals surface area contributed by atoms with Crippen LogP contribution in [0.3, 0.4) is 0 Å². The van der Waals surface area contributed by atoms with Crippen LogP contribution < -0.4 is 5.32 Å². The fourth-order valence-corrected chi connectivity index (χ4v) is 2.74. The van der Waals surface area contributed by atoms with E-state index in [4.69, 9.17) is 23.2 Å². The van der Waals surface area contributed by atoms with Crippen molar-refractivity contribution in [1.29, 1.82) is 0 Å². The van der Waals surface area contributed by atoms with Gasteiger partial charge in [0.15, 0.2) is 0 Å². The van der Waals surface area contributed by atoms with E-state index in [0.29, 0.717) is 28.7 Å². The highest BCUT2D eigenvalue weighted by atomic mass is 35.5. The second kappa shape index (κ2) is 8.83. The number of nitrogens with zero attached hydrogens (tertiary/aromatic N) is 1. The molecule has 4 nitrogen and oxygen atoms in total. The Kier molecular flexibility index (Phi) is 6.79. The molecule has 0 heterocycles. The first-order valence-corrected chi connectivity index (χ1v) is 8.35. The van der Waals surface area contributed by atoms with Gasteiger partial charge in [0.1, 0.15) is 5.82 Å². The molecule has 2 aromatic rings. The third-order valence-corrected chi connectivity index (χ3v) is 4.16. The van der Waals surface area contributed by atoms with E-state index in [1.807, 2.05) is 0 Å². The van der Waals surface area contributed by atoms with Crippen molar-refractivity contribution in [3.8, 4) is 0 Å². The summed E-state index contributed by atoms with van der Waals surface area (Å²) in [4.78, 5) is 25.3. The zero-order chi connectivity index (χ0) is 18.4. The third-order valence-electron chi connectivity index (χ3n) is 3.57. The van der Waals surface area contributed by atoms with E-state index in [-0.39, 0.29) is 24.2 Å². The van der Waals surface area contributed by atoms with E-state index < -0.39 is 0 Å². The van der Waals surface area contributed by atoms with E-state index in [9.17, 15) is 14.0 Å². The predicted molar refractivity (Wildman–Crippen MR) is 97.4 cm³/mol. The molecule has 0 unspecified atom stereocenters. The summed E-state index contributed by atoms with van der Waals surface area (Å²) in [5.41, 5.74) is 1.31. The Labute approximate surface area is 155 Å². The number of anilines is 1. The monoisotopic (exact) mass is 382 g/mol. The smallest absolute Gasteiger partial charge is 0.243 e. The molecule has 7 heteroatoms. The van der Waals surface area contributed by atoms with Gasteiger partial charge in [-0.3, -0.25) is 9.59 Å². The van der Waals surface area contributed by atoms with Crippen LogP contribution in [0.25, 0.3) is 0 Å². The second-order valence-corrected chi connectivity index (χ2v) is 6.33. The average Bonchev–Trinajstić information content (AvgIpc) is 2.54. The highest BCUT2D eigenvalue weighted by Gasteiger charge is 2.14. The van der Waals surface area contributed by atoms with Crippen molar-refractivity contribution in [3.05, 3.63) is 63.9 Å². The lowest BCUT2D eigenvalue weighted by Gasteiger charge is -2.21. The van der Waals surface area contributed by atoms with Crippen molar-refractivity contribution < 1.29 is 14.0 Å². The van der Waals surface area contributed by atoms with Gasteiger partial charge in [-0.25, -0.2) is 4.39 Å². The molecule has 0 bridgehead atoms. The van der Waals surface area contributed by atoms with Crippen LogP contribution in [-0.2, 0) is 16.0 Å². The van der Waals surface area contributed by atoms with Crippen LogP contribution in [0.4, 0.5) is 10.1 Å². The summed E-state index contributed by atoms with van der Waals surface area (Å²) in [6, 6.07) is 10.6. The summed E-state index contributed by atoms with van der Waals surface area (Å²) in [5, 5.41) is 3.69. The van der Waals surface area contributed by atoms with Gasteiger partial charge in [0.25, 0.3) is 0 Å². The quantitative estimate of drug-likeness (QED) is 0.814. The second-order valence-electron chi connectivity index (χ2n) is 5.48. The molecule has 0 spiro atoms. The van der Waals surface area contributed by atoms with Gasteiger partial charge < -0.3 is 10.2 Å². The van der Waals surface area contributed by atoms with Crippen molar-refractivity contribution >= 4 is 40.7 Å². The molecule has 2 aromatic carbocycles. The molecule has 2 rings (SSSR count). The van der Waals surface area contributed by atoms with Crippen molar-refractivity contribution in [1.82, 2.24) is 4.90 Å². The maximum Gasteiger partial charge on any atom is 0.243 e. The minimum Gasteiger partial charge on any atom is -0.333 e.